The molecule has 0 bridgehead atoms. The van der Waals surface area contributed by atoms with Crippen LogP contribution in [0.1, 0.15) is 31.1 Å². The first kappa shape index (κ1) is 20.8. The highest BCUT2D eigenvalue weighted by molar-refractivity contribution is 6.29. The van der Waals surface area contributed by atoms with Crippen LogP contribution in [-0.4, -0.2) is 50.0 Å². The van der Waals surface area contributed by atoms with Crippen molar-refractivity contribution in [2.75, 3.05) is 0 Å². The molecule has 0 amide bonds. The molecule has 6 nitrogen and oxygen atoms in total. The van der Waals surface area contributed by atoms with E-state index in [4.69, 9.17) is 16.3 Å². The first-order valence-electron chi connectivity index (χ1n) is 8.48. The van der Waals surface area contributed by atoms with Crippen LogP contribution in [0.3, 0.4) is 0 Å². The molecule has 1 aliphatic heterocycles. The van der Waals surface area contributed by atoms with Gasteiger partial charge in [-0.25, -0.2) is 4.98 Å². The van der Waals surface area contributed by atoms with Gasteiger partial charge in [-0.1, -0.05) is 43.6 Å². The zero-order valence-electron chi connectivity index (χ0n) is 14.9. The summed E-state index contributed by atoms with van der Waals surface area (Å²) in [4.78, 5) is 3.94. The molecule has 142 valence electrons. The lowest BCUT2D eigenvalue weighted by molar-refractivity contribution is -0.146. The number of pyridine rings is 1. The molecule has 26 heavy (non-hydrogen) atoms. The van der Waals surface area contributed by atoms with Gasteiger partial charge in [0, 0.05) is 6.20 Å². The standard InChI is InChI=1S/C17H18ClNO5.C2H6/c1-8-6-9(10-4-5-19-12(18)7-10)2-3-11(8)13(20)16-14(21)15(22)17(23)24-16;1-2/h2-7,13-17,20-23H,1H3;1-2H3. The fraction of sp³-hybridized carbons (Fsp3) is 0.421. The fourth-order valence-electron chi connectivity index (χ4n) is 2.89. The van der Waals surface area contributed by atoms with Crippen LogP contribution in [0.25, 0.3) is 11.1 Å². The molecule has 5 atom stereocenters. The summed E-state index contributed by atoms with van der Waals surface area (Å²) in [5.41, 5.74) is 3.12. The van der Waals surface area contributed by atoms with Gasteiger partial charge in [0.15, 0.2) is 6.29 Å². The second kappa shape index (κ2) is 8.90. The second-order valence-electron chi connectivity index (χ2n) is 5.86. The minimum atomic E-state index is -1.52. The number of ether oxygens (including phenoxy) is 1. The number of benzene rings is 1. The van der Waals surface area contributed by atoms with Crippen molar-refractivity contribution in [3.8, 4) is 11.1 Å². The van der Waals surface area contributed by atoms with E-state index in [1.54, 1.807) is 18.3 Å². The van der Waals surface area contributed by atoms with Crippen LogP contribution < -0.4 is 0 Å². The van der Waals surface area contributed by atoms with E-state index in [1.807, 2.05) is 39.0 Å². The van der Waals surface area contributed by atoms with E-state index >= 15 is 0 Å². The molecule has 2 heterocycles. The molecule has 1 saturated heterocycles. The summed E-state index contributed by atoms with van der Waals surface area (Å²) in [7, 11) is 0. The van der Waals surface area contributed by atoms with Crippen molar-refractivity contribution >= 4 is 11.6 Å². The molecule has 3 rings (SSSR count). The molecule has 1 fully saturated rings. The number of rotatable bonds is 3. The minimum Gasteiger partial charge on any atom is -0.387 e. The van der Waals surface area contributed by atoms with Gasteiger partial charge in [0.2, 0.25) is 0 Å². The normalized spacial score (nSPS) is 26.2. The molecule has 4 N–H and O–H groups in total. The van der Waals surface area contributed by atoms with Crippen LogP contribution in [0, 0.1) is 6.92 Å². The molecule has 7 heteroatoms. The molecule has 0 aliphatic carbocycles. The molecule has 0 radical (unpaired) electrons. The number of hydrogen-bond acceptors (Lipinski definition) is 6. The summed E-state index contributed by atoms with van der Waals surface area (Å²) in [6.45, 7) is 5.82. The van der Waals surface area contributed by atoms with Gasteiger partial charge in [0.25, 0.3) is 0 Å². The van der Waals surface area contributed by atoms with Crippen LogP contribution in [0.4, 0.5) is 0 Å². The average Bonchev–Trinajstić information content (AvgIpc) is 2.90. The number of aromatic nitrogens is 1. The summed E-state index contributed by atoms with van der Waals surface area (Å²) >= 11 is 5.90. The third-order valence-corrected chi connectivity index (χ3v) is 4.44. The monoisotopic (exact) mass is 381 g/mol. The quantitative estimate of drug-likeness (QED) is 0.608. The lowest BCUT2D eigenvalue weighted by Crippen LogP contribution is -2.35. The van der Waals surface area contributed by atoms with E-state index in [1.165, 1.54) is 0 Å². The molecule has 2 aromatic rings. The fourth-order valence-corrected chi connectivity index (χ4v) is 3.07. The summed E-state index contributed by atoms with van der Waals surface area (Å²) in [6.07, 6.45) is -4.99. The minimum absolute atomic E-state index is 0.389. The lowest BCUT2D eigenvalue weighted by Gasteiger charge is -2.23. The maximum absolute atomic E-state index is 10.5. The lowest BCUT2D eigenvalue weighted by atomic mass is 9.93. The Morgan fingerprint density at radius 3 is 2.23 bits per heavy atom. The first-order chi connectivity index (χ1) is 12.4. The SMILES string of the molecule is CC.Cc1cc(-c2ccnc(Cl)c2)ccc1C(O)C1OC(O)C(O)C1O. The van der Waals surface area contributed by atoms with Gasteiger partial charge in [0.1, 0.15) is 29.6 Å². The van der Waals surface area contributed by atoms with Crippen molar-refractivity contribution in [1.82, 2.24) is 4.98 Å². The van der Waals surface area contributed by atoms with Crippen LogP contribution >= 0.6 is 11.6 Å². The van der Waals surface area contributed by atoms with Gasteiger partial charge in [0.05, 0.1) is 0 Å². The van der Waals surface area contributed by atoms with E-state index in [2.05, 4.69) is 4.98 Å². The first-order valence-corrected chi connectivity index (χ1v) is 8.86. The highest BCUT2D eigenvalue weighted by Crippen LogP contribution is 2.33. The van der Waals surface area contributed by atoms with Gasteiger partial charge < -0.3 is 25.2 Å². The van der Waals surface area contributed by atoms with Crippen molar-refractivity contribution in [2.45, 2.75) is 51.5 Å². The molecule has 0 saturated carbocycles. The van der Waals surface area contributed by atoms with Crippen molar-refractivity contribution in [1.29, 1.82) is 0 Å². The van der Waals surface area contributed by atoms with Gasteiger partial charge >= 0.3 is 0 Å². The predicted octanol–water partition coefficient (Wildman–Crippen LogP) is 2.21. The van der Waals surface area contributed by atoms with E-state index in [9.17, 15) is 20.4 Å². The Balaban J connectivity index is 0.00000117. The predicted molar refractivity (Wildman–Crippen MR) is 98.6 cm³/mol. The number of halogens is 1. The Morgan fingerprint density at radius 1 is 1.04 bits per heavy atom. The zero-order valence-corrected chi connectivity index (χ0v) is 15.6. The van der Waals surface area contributed by atoms with Crippen LogP contribution in [0.15, 0.2) is 36.5 Å². The summed E-state index contributed by atoms with van der Waals surface area (Å²) in [6, 6.07) is 8.97. The smallest absolute Gasteiger partial charge is 0.184 e. The van der Waals surface area contributed by atoms with Crippen molar-refractivity contribution in [2.24, 2.45) is 0 Å². The van der Waals surface area contributed by atoms with Gasteiger partial charge in [-0.2, -0.15) is 0 Å². The van der Waals surface area contributed by atoms with Crippen LogP contribution in [-0.2, 0) is 4.74 Å². The highest BCUT2D eigenvalue weighted by atomic mass is 35.5. The highest BCUT2D eigenvalue weighted by Gasteiger charge is 2.45. The zero-order chi connectivity index (χ0) is 19.4. The van der Waals surface area contributed by atoms with E-state index in [-0.39, 0.29) is 0 Å². The second-order valence-corrected chi connectivity index (χ2v) is 6.24. The number of aryl methyl sites for hydroxylation is 1. The summed E-state index contributed by atoms with van der Waals surface area (Å²) < 4.78 is 5.07. The Labute approximate surface area is 157 Å². The maximum Gasteiger partial charge on any atom is 0.184 e. The number of aliphatic hydroxyl groups is 4. The van der Waals surface area contributed by atoms with Crippen LogP contribution in [0.2, 0.25) is 5.15 Å². The van der Waals surface area contributed by atoms with Crippen LogP contribution in [0.5, 0.6) is 0 Å². The Bertz CT molecular complexity index is 742. The Morgan fingerprint density at radius 2 is 1.69 bits per heavy atom. The van der Waals surface area contributed by atoms with Gasteiger partial charge in [-0.05, 0) is 41.3 Å². The molecule has 1 aromatic carbocycles. The molecule has 0 spiro atoms. The summed E-state index contributed by atoms with van der Waals surface area (Å²) in [5.74, 6) is 0. The molecular formula is C19H24ClNO5. The third kappa shape index (κ3) is 4.23. The van der Waals surface area contributed by atoms with Crippen molar-refractivity contribution in [3.05, 3.63) is 52.8 Å². The number of hydrogen-bond donors (Lipinski definition) is 4. The van der Waals surface area contributed by atoms with E-state index < -0.39 is 30.7 Å². The van der Waals surface area contributed by atoms with E-state index in [0.29, 0.717) is 10.7 Å². The van der Waals surface area contributed by atoms with Gasteiger partial charge in [-0.15, -0.1) is 0 Å². The van der Waals surface area contributed by atoms with E-state index in [0.717, 1.165) is 16.7 Å². The number of nitrogens with zero attached hydrogens (tertiary/aromatic N) is 1. The molecule has 5 unspecified atom stereocenters. The van der Waals surface area contributed by atoms with Gasteiger partial charge in [-0.3, -0.25) is 0 Å². The topological polar surface area (TPSA) is 103 Å². The molecule has 1 aliphatic rings. The average molecular weight is 382 g/mol. The molecule has 1 aromatic heterocycles. The Hall–Kier alpha value is -1.54. The Kier molecular flexibility index (Phi) is 7.11. The van der Waals surface area contributed by atoms with Crippen molar-refractivity contribution < 1.29 is 25.2 Å². The maximum atomic E-state index is 10.5. The number of aliphatic hydroxyl groups excluding tert-OH is 4. The largest absolute Gasteiger partial charge is 0.387 e. The molecular weight excluding hydrogens is 358 g/mol. The van der Waals surface area contributed by atoms with Crippen molar-refractivity contribution in [3.63, 3.8) is 0 Å². The third-order valence-electron chi connectivity index (χ3n) is 4.23. The summed E-state index contributed by atoms with van der Waals surface area (Å²) in [5, 5.41) is 39.8.